The van der Waals surface area contributed by atoms with E-state index in [0.29, 0.717) is 13.0 Å². The normalized spacial score (nSPS) is 14.7. The first-order chi connectivity index (χ1) is 9.23. The van der Waals surface area contributed by atoms with E-state index in [4.69, 9.17) is 4.74 Å². The minimum atomic E-state index is -0.400. The molecule has 1 aromatic carbocycles. The molecule has 0 saturated carbocycles. The molecule has 0 saturated heterocycles. The van der Waals surface area contributed by atoms with E-state index >= 15 is 0 Å². The van der Waals surface area contributed by atoms with E-state index in [0.717, 1.165) is 5.56 Å². The van der Waals surface area contributed by atoms with Crippen LogP contribution in [-0.2, 0) is 20.5 Å². The van der Waals surface area contributed by atoms with Crippen LogP contribution >= 0.6 is 0 Å². The van der Waals surface area contributed by atoms with Crippen molar-refractivity contribution in [3.05, 3.63) is 35.4 Å². The Bertz CT molecular complexity index is 445. The molecule has 1 rings (SSSR count). The summed E-state index contributed by atoms with van der Waals surface area (Å²) in [5, 5.41) is 3.24. The van der Waals surface area contributed by atoms with Gasteiger partial charge in [-0.05, 0) is 37.4 Å². The first-order valence-electron chi connectivity index (χ1n) is 7.18. The number of nitrogens with one attached hydrogen (secondary N) is 1. The van der Waals surface area contributed by atoms with Gasteiger partial charge in [-0.25, -0.2) is 0 Å². The Morgan fingerprint density at radius 1 is 1.10 bits per heavy atom. The summed E-state index contributed by atoms with van der Waals surface area (Å²) in [4.78, 5) is 11.8. The zero-order valence-electron chi connectivity index (χ0n) is 13.5. The number of hydrogen-bond donors (Lipinski definition) is 1. The van der Waals surface area contributed by atoms with Crippen molar-refractivity contribution in [1.82, 2.24) is 5.32 Å². The summed E-state index contributed by atoms with van der Waals surface area (Å²) in [6.07, 6.45) is 0.326. The predicted molar refractivity (Wildman–Crippen MR) is 82.8 cm³/mol. The van der Waals surface area contributed by atoms with Crippen LogP contribution < -0.4 is 5.32 Å². The summed E-state index contributed by atoms with van der Waals surface area (Å²) in [6, 6.07) is 8.46. The van der Waals surface area contributed by atoms with Gasteiger partial charge in [0.1, 0.15) is 0 Å². The average molecular weight is 277 g/mol. The Kier molecular flexibility index (Phi) is 5.35. The molecule has 1 N–H and O–H groups in total. The zero-order chi connectivity index (χ0) is 15.4. The molecule has 0 aliphatic carbocycles. The Labute approximate surface area is 122 Å². The van der Waals surface area contributed by atoms with Gasteiger partial charge in [0.25, 0.3) is 0 Å². The fraction of sp³-hybridized carbons (Fsp3) is 0.588. The summed E-state index contributed by atoms with van der Waals surface area (Å²) in [6.45, 7) is 10.8. The molecule has 20 heavy (non-hydrogen) atoms. The van der Waals surface area contributed by atoms with Crippen molar-refractivity contribution in [2.45, 2.75) is 52.0 Å². The van der Waals surface area contributed by atoms with Gasteiger partial charge >= 0.3 is 5.97 Å². The third kappa shape index (κ3) is 4.07. The first-order valence-corrected chi connectivity index (χ1v) is 7.18. The van der Waals surface area contributed by atoms with Crippen molar-refractivity contribution in [2.75, 3.05) is 13.7 Å². The molecular weight excluding hydrogens is 250 g/mol. The molecule has 112 valence electrons. The van der Waals surface area contributed by atoms with Crippen LogP contribution in [0.25, 0.3) is 0 Å². The molecule has 3 nitrogen and oxygen atoms in total. The largest absolute Gasteiger partial charge is 0.466 e. The number of ether oxygens (including phenoxy) is 1. The summed E-state index contributed by atoms with van der Waals surface area (Å²) in [5.41, 5.74) is 2.12. The highest BCUT2D eigenvalue weighted by atomic mass is 16.5. The third-order valence-electron chi connectivity index (χ3n) is 3.74. The molecular formula is C17H27NO2. The number of carbonyl (C=O) groups is 1. The van der Waals surface area contributed by atoms with Crippen molar-refractivity contribution in [2.24, 2.45) is 0 Å². The predicted octanol–water partition coefficient (Wildman–Crippen LogP) is 3.37. The van der Waals surface area contributed by atoms with Gasteiger partial charge < -0.3 is 10.1 Å². The SMILES string of the molecule is CCOC(=O)CC(C)(NC)c1ccc(C(C)(C)C)cc1. The Morgan fingerprint density at radius 3 is 2.00 bits per heavy atom. The van der Waals surface area contributed by atoms with Crippen LogP contribution in [0.4, 0.5) is 0 Å². The fourth-order valence-electron chi connectivity index (χ4n) is 2.17. The Morgan fingerprint density at radius 2 is 1.60 bits per heavy atom. The van der Waals surface area contributed by atoms with Gasteiger partial charge in [0.15, 0.2) is 0 Å². The summed E-state index contributed by atoms with van der Waals surface area (Å²) >= 11 is 0. The number of rotatable bonds is 5. The standard InChI is InChI=1S/C17H27NO2/c1-7-20-15(19)12-17(5,18-6)14-10-8-13(9-11-14)16(2,3)4/h8-11,18H,7,12H2,1-6H3. The zero-order valence-corrected chi connectivity index (χ0v) is 13.5. The smallest absolute Gasteiger partial charge is 0.307 e. The number of esters is 1. The summed E-state index contributed by atoms with van der Waals surface area (Å²) in [5.74, 6) is -0.177. The minimum absolute atomic E-state index is 0.135. The maximum atomic E-state index is 11.8. The van der Waals surface area contributed by atoms with Gasteiger partial charge in [-0.15, -0.1) is 0 Å². The van der Waals surface area contributed by atoms with Crippen molar-refractivity contribution in [3.8, 4) is 0 Å². The van der Waals surface area contributed by atoms with Crippen LogP contribution in [0.1, 0.15) is 52.2 Å². The fourth-order valence-corrected chi connectivity index (χ4v) is 2.17. The second-order valence-electron chi connectivity index (χ2n) is 6.39. The van der Waals surface area contributed by atoms with Crippen LogP contribution in [0.3, 0.4) is 0 Å². The van der Waals surface area contributed by atoms with Crippen LogP contribution in [-0.4, -0.2) is 19.6 Å². The number of carbonyl (C=O) groups excluding carboxylic acids is 1. The molecule has 0 radical (unpaired) electrons. The van der Waals surface area contributed by atoms with Crippen LogP contribution in [0.15, 0.2) is 24.3 Å². The van der Waals surface area contributed by atoms with Crippen molar-refractivity contribution < 1.29 is 9.53 Å². The molecule has 0 heterocycles. The van der Waals surface area contributed by atoms with E-state index in [1.54, 1.807) is 0 Å². The molecule has 0 aliphatic heterocycles. The maximum Gasteiger partial charge on any atom is 0.307 e. The molecule has 0 aromatic heterocycles. The van der Waals surface area contributed by atoms with E-state index in [1.165, 1.54) is 5.56 Å². The van der Waals surface area contributed by atoms with Gasteiger partial charge in [-0.2, -0.15) is 0 Å². The Balaban J connectivity index is 2.97. The second kappa shape index (κ2) is 6.40. The quantitative estimate of drug-likeness (QED) is 0.839. The lowest BCUT2D eigenvalue weighted by Crippen LogP contribution is -2.39. The molecule has 1 unspecified atom stereocenters. The molecule has 0 amide bonds. The van der Waals surface area contributed by atoms with Crippen LogP contribution in [0.5, 0.6) is 0 Å². The minimum Gasteiger partial charge on any atom is -0.466 e. The third-order valence-corrected chi connectivity index (χ3v) is 3.74. The monoisotopic (exact) mass is 277 g/mol. The van der Waals surface area contributed by atoms with Crippen LogP contribution in [0.2, 0.25) is 0 Å². The van der Waals surface area contributed by atoms with E-state index < -0.39 is 5.54 Å². The summed E-state index contributed by atoms with van der Waals surface area (Å²) < 4.78 is 5.06. The number of benzene rings is 1. The van der Waals surface area contributed by atoms with E-state index in [9.17, 15) is 4.79 Å². The molecule has 1 atom stereocenters. The average Bonchev–Trinajstić information content (AvgIpc) is 2.38. The van der Waals surface area contributed by atoms with E-state index in [2.05, 4.69) is 50.4 Å². The lowest BCUT2D eigenvalue weighted by atomic mass is 9.83. The second-order valence-corrected chi connectivity index (χ2v) is 6.39. The highest BCUT2D eigenvalue weighted by Gasteiger charge is 2.28. The van der Waals surface area contributed by atoms with Crippen molar-refractivity contribution >= 4 is 5.97 Å². The van der Waals surface area contributed by atoms with Gasteiger partial charge in [-0.1, -0.05) is 45.0 Å². The molecule has 0 fully saturated rings. The van der Waals surface area contributed by atoms with Gasteiger partial charge in [-0.3, -0.25) is 4.79 Å². The highest BCUT2D eigenvalue weighted by Crippen LogP contribution is 2.28. The summed E-state index contributed by atoms with van der Waals surface area (Å²) in [7, 11) is 1.87. The first kappa shape index (κ1) is 16.7. The van der Waals surface area contributed by atoms with Crippen molar-refractivity contribution in [3.63, 3.8) is 0 Å². The topological polar surface area (TPSA) is 38.3 Å². The van der Waals surface area contributed by atoms with Gasteiger partial charge in [0.05, 0.1) is 18.6 Å². The Hall–Kier alpha value is -1.35. The molecule has 0 bridgehead atoms. The molecule has 0 spiro atoms. The van der Waals surface area contributed by atoms with Crippen molar-refractivity contribution in [1.29, 1.82) is 0 Å². The molecule has 3 heteroatoms. The van der Waals surface area contributed by atoms with Crippen LogP contribution in [0, 0.1) is 0 Å². The molecule has 0 aliphatic rings. The van der Waals surface area contributed by atoms with E-state index in [-0.39, 0.29) is 11.4 Å². The lowest BCUT2D eigenvalue weighted by Gasteiger charge is -2.30. The molecule has 1 aromatic rings. The van der Waals surface area contributed by atoms with E-state index in [1.807, 2.05) is 20.9 Å². The number of hydrogen-bond acceptors (Lipinski definition) is 3. The highest BCUT2D eigenvalue weighted by molar-refractivity contribution is 5.71. The maximum absolute atomic E-state index is 11.8. The van der Waals surface area contributed by atoms with Gasteiger partial charge in [0, 0.05) is 0 Å². The lowest BCUT2D eigenvalue weighted by molar-refractivity contribution is -0.144. The van der Waals surface area contributed by atoms with Gasteiger partial charge in [0.2, 0.25) is 0 Å².